The molecule has 0 spiro atoms. The predicted molar refractivity (Wildman–Crippen MR) is 32.0 cm³/mol. The Bertz CT molecular complexity index is 299. The van der Waals surface area contributed by atoms with Crippen molar-refractivity contribution in [1.29, 1.82) is 0 Å². The fourth-order valence-electron chi connectivity index (χ4n) is 0.667. The van der Waals surface area contributed by atoms with Gasteiger partial charge in [-0.2, -0.15) is 26.3 Å². The Kier molecular flexibility index (Phi) is 2.38. The van der Waals surface area contributed by atoms with Crippen LogP contribution in [-0.2, 0) is 12.4 Å². The van der Waals surface area contributed by atoms with E-state index in [2.05, 4.69) is 9.97 Å². The van der Waals surface area contributed by atoms with E-state index in [1.807, 2.05) is 0 Å². The van der Waals surface area contributed by atoms with Crippen LogP contribution < -0.4 is 0 Å². The second-order valence-electron chi connectivity index (χ2n) is 2.28. The van der Waals surface area contributed by atoms with Crippen LogP contribution >= 0.6 is 0 Å². The lowest BCUT2D eigenvalue weighted by molar-refractivity contribution is -0.147. The number of halogens is 6. The van der Waals surface area contributed by atoms with Crippen molar-refractivity contribution in [2.24, 2.45) is 0 Å². The quantitative estimate of drug-likeness (QED) is 0.622. The molecule has 0 radical (unpaired) electrons. The average Bonchev–Trinajstić information content (AvgIpc) is 2.01. The summed E-state index contributed by atoms with van der Waals surface area (Å²) in [5, 5.41) is 0. The van der Waals surface area contributed by atoms with E-state index < -0.39 is 23.7 Å². The smallest absolute Gasteiger partial charge is 0.232 e. The van der Waals surface area contributed by atoms with Crippen LogP contribution in [-0.4, -0.2) is 9.97 Å². The lowest BCUT2D eigenvalue weighted by Crippen LogP contribution is -2.14. The van der Waals surface area contributed by atoms with Crippen molar-refractivity contribution in [2.75, 3.05) is 0 Å². The highest BCUT2D eigenvalue weighted by atomic mass is 19.4. The minimum Gasteiger partial charge on any atom is -0.232 e. The highest BCUT2D eigenvalue weighted by molar-refractivity contribution is 5.13. The van der Waals surface area contributed by atoms with E-state index >= 15 is 0 Å². The van der Waals surface area contributed by atoms with Gasteiger partial charge < -0.3 is 0 Å². The summed E-state index contributed by atoms with van der Waals surface area (Å²) in [6.45, 7) is 0. The zero-order chi connectivity index (χ0) is 11.0. The number of aromatic nitrogens is 2. The van der Waals surface area contributed by atoms with Gasteiger partial charge in [-0.1, -0.05) is 0 Å². The molecule has 0 saturated heterocycles. The molecule has 0 aliphatic heterocycles. The molecule has 1 rings (SSSR count). The Balaban J connectivity index is 3.15. The summed E-state index contributed by atoms with van der Waals surface area (Å²) in [6, 6.07) is -0.139. The van der Waals surface area contributed by atoms with Crippen LogP contribution in [0.2, 0.25) is 0 Å². The van der Waals surface area contributed by atoms with E-state index in [1.165, 1.54) is 0 Å². The lowest BCUT2D eigenvalue weighted by atomic mass is 10.3. The molecule has 0 aromatic carbocycles. The van der Waals surface area contributed by atoms with Gasteiger partial charge in [0.05, 0.1) is 0 Å². The van der Waals surface area contributed by atoms with Gasteiger partial charge in [0, 0.05) is 0 Å². The van der Waals surface area contributed by atoms with E-state index in [9.17, 15) is 26.3 Å². The van der Waals surface area contributed by atoms with Crippen molar-refractivity contribution >= 4 is 0 Å². The lowest BCUT2D eigenvalue weighted by Gasteiger charge is -2.08. The summed E-state index contributed by atoms with van der Waals surface area (Å²) >= 11 is 0. The van der Waals surface area contributed by atoms with E-state index in [4.69, 9.17) is 0 Å². The summed E-state index contributed by atoms with van der Waals surface area (Å²) in [6.07, 6.45) is -9.57. The fourth-order valence-corrected chi connectivity index (χ4v) is 0.667. The molecule has 8 heteroatoms. The van der Waals surface area contributed by atoms with Crippen LogP contribution in [0.4, 0.5) is 26.3 Å². The van der Waals surface area contributed by atoms with E-state index in [1.54, 1.807) is 0 Å². The second kappa shape index (κ2) is 3.10. The summed E-state index contributed by atoms with van der Waals surface area (Å²) < 4.78 is 71.4. The monoisotopic (exact) mass is 216 g/mol. The SMILES string of the molecule is FC(F)(F)c1cc(C(F)(F)F)ncn1. The third-order valence-electron chi connectivity index (χ3n) is 1.25. The van der Waals surface area contributed by atoms with Gasteiger partial charge in [-0.25, -0.2) is 9.97 Å². The molecule has 1 heterocycles. The third kappa shape index (κ3) is 2.33. The standard InChI is InChI=1S/C6H2F6N2/c7-5(8,9)3-1-4(6(10,11)12)14-2-13-3/h1-2H. The van der Waals surface area contributed by atoms with Crippen molar-refractivity contribution in [2.45, 2.75) is 12.4 Å². The Morgan fingerprint density at radius 1 is 0.786 bits per heavy atom. The summed E-state index contributed by atoms with van der Waals surface area (Å²) in [5.74, 6) is 0. The van der Waals surface area contributed by atoms with E-state index in [-0.39, 0.29) is 12.4 Å². The summed E-state index contributed by atoms with van der Waals surface area (Å²) in [4.78, 5) is 5.38. The molecule has 0 unspecified atom stereocenters. The Labute approximate surface area is 73.6 Å². The molecule has 2 nitrogen and oxygen atoms in total. The van der Waals surface area contributed by atoms with E-state index in [0.29, 0.717) is 0 Å². The minimum atomic E-state index is -4.90. The Hall–Kier alpha value is -1.34. The minimum absolute atomic E-state index is 0.139. The van der Waals surface area contributed by atoms with Gasteiger partial charge in [0.1, 0.15) is 17.7 Å². The highest BCUT2D eigenvalue weighted by Crippen LogP contribution is 2.32. The topological polar surface area (TPSA) is 25.8 Å². The van der Waals surface area contributed by atoms with Crippen molar-refractivity contribution in [3.05, 3.63) is 23.8 Å². The number of hydrogen-bond donors (Lipinski definition) is 0. The zero-order valence-corrected chi connectivity index (χ0v) is 6.32. The Morgan fingerprint density at radius 3 is 1.43 bits per heavy atom. The molecule has 0 aliphatic carbocycles. The fraction of sp³-hybridized carbons (Fsp3) is 0.333. The van der Waals surface area contributed by atoms with Crippen LogP contribution in [0.25, 0.3) is 0 Å². The molecule has 0 atom stereocenters. The van der Waals surface area contributed by atoms with Gasteiger partial charge in [0.2, 0.25) is 0 Å². The molecular formula is C6H2F6N2. The molecule has 0 fully saturated rings. The maximum atomic E-state index is 11.9. The Morgan fingerprint density at radius 2 is 1.14 bits per heavy atom. The molecule has 1 aromatic rings. The first-order valence-corrected chi connectivity index (χ1v) is 3.17. The average molecular weight is 216 g/mol. The summed E-state index contributed by atoms with van der Waals surface area (Å²) in [7, 11) is 0. The van der Waals surface area contributed by atoms with Gasteiger partial charge >= 0.3 is 12.4 Å². The highest BCUT2D eigenvalue weighted by Gasteiger charge is 2.38. The largest absolute Gasteiger partial charge is 0.433 e. The van der Waals surface area contributed by atoms with E-state index in [0.717, 1.165) is 0 Å². The van der Waals surface area contributed by atoms with Crippen molar-refractivity contribution in [3.8, 4) is 0 Å². The van der Waals surface area contributed by atoms with Crippen molar-refractivity contribution < 1.29 is 26.3 Å². The van der Waals surface area contributed by atoms with Crippen LogP contribution in [0, 0.1) is 0 Å². The first kappa shape index (κ1) is 10.7. The van der Waals surface area contributed by atoms with Crippen LogP contribution in [0.15, 0.2) is 12.4 Å². The summed E-state index contributed by atoms with van der Waals surface area (Å²) in [5.41, 5.74) is -3.22. The van der Waals surface area contributed by atoms with Gasteiger partial charge in [-0.05, 0) is 6.07 Å². The molecule has 14 heavy (non-hydrogen) atoms. The third-order valence-corrected chi connectivity index (χ3v) is 1.25. The molecule has 0 amide bonds. The van der Waals surface area contributed by atoms with Crippen molar-refractivity contribution in [3.63, 3.8) is 0 Å². The number of nitrogens with zero attached hydrogens (tertiary/aromatic N) is 2. The van der Waals surface area contributed by atoms with Gasteiger partial charge in [-0.15, -0.1) is 0 Å². The van der Waals surface area contributed by atoms with Gasteiger partial charge in [0.25, 0.3) is 0 Å². The number of rotatable bonds is 0. The zero-order valence-electron chi connectivity index (χ0n) is 6.32. The second-order valence-corrected chi connectivity index (χ2v) is 2.28. The first-order chi connectivity index (χ1) is 6.21. The normalized spacial score (nSPS) is 13.0. The van der Waals surface area contributed by atoms with Crippen LogP contribution in [0.5, 0.6) is 0 Å². The molecule has 0 bridgehead atoms. The molecule has 0 saturated carbocycles. The molecule has 1 aromatic heterocycles. The van der Waals surface area contributed by atoms with Crippen LogP contribution in [0.1, 0.15) is 11.4 Å². The predicted octanol–water partition coefficient (Wildman–Crippen LogP) is 2.51. The molecule has 78 valence electrons. The molecule has 0 N–H and O–H groups in total. The van der Waals surface area contributed by atoms with Crippen molar-refractivity contribution in [1.82, 2.24) is 9.97 Å². The molecular weight excluding hydrogens is 214 g/mol. The molecule has 0 aliphatic rings. The van der Waals surface area contributed by atoms with Gasteiger partial charge in [-0.3, -0.25) is 0 Å². The number of hydrogen-bond acceptors (Lipinski definition) is 2. The van der Waals surface area contributed by atoms with Gasteiger partial charge in [0.15, 0.2) is 0 Å². The van der Waals surface area contributed by atoms with Crippen LogP contribution in [0.3, 0.4) is 0 Å². The number of alkyl halides is 6. The maximum Gasteiger partial charge on any atom is 0.433 e. The first-order valence-electron chi connectivity index (χ1n) is 3.17. The maximum absolute atomic E-state index is 11.9.